The number of ether oxygens (including phenoxy) is 3. The van der Waals surface area contributed by atoms with Crippen molar-refractivity contribution in [2.45, 2.75) is 121 Å². The molecule has 0 aromatic heterocycles. The second-order valence-electron chi connectivity index (χ2n) is 15.9. The predicted molar refractivity (Wildman–Crippen MR) is 171 cm³/mol. The Morgan fingerprint density at radius 3 is 2.24 bits per heavy atom. The molecular weight excluding hydrogens is 609 g/mol. The average Bonchev–Trinajstić information content (AvgIpc) is 2.94. The Hall–Kier alpha value is -2.16. The number of carbonyl (C=O) groups excluding carboxylic acids is 3. The summed E-state index contributed by atoms with van der Waals surface area (Å²) in [7, 11) is -4.95. The normalized spacial score (nSPS) is 41.1. The zero-order valence-corrected chi connectivity index (χ0v) is 30.0. The van der Waals surface area contributed by atoms with Crippen LogP contribution in [0.3, 0.4) is 0 Å². The van der Waals surface area contributed by atoms with Crippen LogP contribution in [-0.2, 0) is 32.7 Å². The monoisotopic (exact) mass is 656 g/mol. The molecule has 1 N–H and O–H groups in total. The molecule has 0 radical (unpaired) electrons. The van der Waals surface area contributed by atoms with Crippen molar-refractivity contribution < 1.29 is 42.6 Å². The molecule has 246 valence electrons. The molecule has 9 nitrogen and oxygen atoms in total. The number of fused-ring (bicyclic) bond motifs is 6. The van der Waals surface area contributed by atoms with Gasteiger partial charge in [-0.05, 0) is 76.3 Å². The highest BCUT2D eigenvalue weighted by atomic mass is 28.4. The highest BCUT2D eigenvalue weighted by Gasteiger charge is 2.78. The number of Topliss-reactive ketones (excluding diaryl/α,β-unsaturated/α-hetero) is 1. The lowest BCUT2D eigenvalue weighted by Gasteiger charge is -2.68. The number of hydrogen-bond donors (Lipinski definition) is 1. The van der Waals surface area contributed by atoms with Gasteiger partial charge in [0.05, 0.1) is 29.6 Å². The highest BCUT2D eigenvalue weighted by molar-refractivity contribution is 6.89. The van der Waals surface area contributed by atoms with Gasteiger partial charge in [-0.1, -0.05) is 37.6 Å². The molecule has 4 fully saturated rings. The summed E-state index contributed by atoms with van der Waals surface area (Å²) in [6.45, 7) is 17.7. The van der Waals surface area contributed by atoms with Crippen molar-refractivity contribution in [3.63, 3.8) is 0 Å². The fourth-order valence-corrected chi connectivity index (χ4v) is 20.6. The molecule has 2 heterocycles. The molecule has 2 aliphatic heterocycles. The minimum atomic E-state index is -2.50. The third-order valence-electron chi connectivity index (χ3n) is 11.6. The van der Waals surface area contributed by atoms with Gasteiger partial charge in [0.2, 0.25) is 0 Å². The Bertz CT molecular complexity index is 1450. The Morgan fingerprint density at radius 2 is 1.64 bits per heavy atom. The van der Waals surface area contributed by atoms with Crippen LogP contribution in [-0.4, -0.2) is 81.7 Å². The Morgan fingerprint density at radius 1 is 1.00 bits per heavy atom. The Kier molecular flexibility index (Phi) is 7.59. The zero-order valence-electron chi connectivity index (χ0n) is 28.0. The summed E-state index contributed by atoms with van der Waals surface area (Å²) >= 11 is 0. The second kappa shape index (κ2) is 10.4. The number of aliphatic hydroxyl groups is 1. The molecule has 45 heavy (non-hydrogen) atoms. The van der Waals surface area contributed by atoms with E-state index >= 15 is 4.79 Å². The molecule has 2 saturated heterocycles. The first-order valence-electron chi connectivity index (χ1n) is 16.2. The average molecular weight is 657 g/mol. The van der Waals surface area contributed by atoms with Crippen molar-refractivity contribution >= 4 is 34.4 Å². The molecule has 3 aliphatic carbocycles. The Balaban J connectivity index is 1.68. The molecule has 2 saturated carbocycles. The van der Waals surface area contributed by atoms with Gasteiger partial charge in [0.25, 0.3) is 0 Å². The van der Waals surface area contributed by atoms with Crippen molar-refractivity contribution in [1.82, 2.24) is 0 Å². The summed E-state index contributed by atoms with van der Waals surface area (Å²) in [5.41, 5.74) is -2.53. The number of allylic oxidation sites excluding steroid dienone is 1. The number of carbonyl (C=O) groups is 3. The molecule has 0 spiro atoms. The standard InChI is InChI=1S/C34H48O9Si2/c1-20-15-16-34(38)29(40-30(37)22-13-11-10-12-14-22)27-32(5)23(17-24-33(27,18-39-24)41-21(2)35)42-44(6,7)19-45(8,9)43-26(28(32)36)25(20)31(34,3)4/h10-14,23-24,26-27,29,38H,15-19H2,1-9H3/t23?,24-,26?,27?,29?,32-,33+,34-/m1/s1. The first-order chi connectivity index (χ1) is 20.8. The largest absolute Gasteiger partial charge is 0.455 e. The van der Waals surface area contributed by atoms with Crippen LogP contribution >= 0.6 is 0 Å². The smallest absolute Gasteiger partial charge is 0.338 e. The summed E-state index contributed by atoms with van der Waals surface area (Å²) in [5, 5.41) is 13.2. The summed E-state index contributed by atoms with van der Waals surface area (Å²) in [5.74, 6) is -2.30. The molecular formula is C34H48O9Si2. The fraction of sp³-hybridized carbons (Fsp3) is 0.676. The number of benzene rings is 1. The number of esters is 2. The number of rotatable bonds is 3. The van der Waals surface area contributed by atoms with Crippen molar-refractivity contribution in [2.24, 2.45) is 16.7 Å². The zero-order chi connectivity index (χ0) is 33.0. The van der Waals surface area contributed by atoms with Crippen molar-refractivity contribution in [1.29, 1.82) is 0 Å². The maximum atomic E-state index is 15.6. The lowest BCUT2D eigenvalue weighted by Crippen LogP contribution is -2.82. The molecule has 5 aliphatic rings. The minimum Gasteiger partial charge on any atom is -0.455 e. The Labute approximate surface area is 268 Å². The van der Waals surface area contributed by atoms with Gasteiger partial charge in [-0.3, -0.25) is 9.59 Å². The van der Waals surface area contributed by atoms with Gasteiger partial charge in [0.15, 0.2) is 28.0 Å². The van der Waals surface area contributed by atoms with Gasteiger partial charge < -0.3 is 28.2 Å². The van der Waals surface area contributed by atoms with Gasteiger partial charge in [-0.25, -0.2) is 4.79 Å². The fourth-order valence-electron chi connectivity index (χ4n) is 9.73. The topological polar surface area (TPSA) is 118 Å². The van der Waals surface area contributed by atoms with E-state index in [0.717, 1.165) is 16.8 Å². The van der Waals surface area contributed by atoms with Gasteiger partial charge in [0, 0.05) is 18.8 Å². The molecule has 11 heteroatoms. The second-order valence-corrected chi connectivity index (χ2v) is 24.9. The molecule has 6 rings (SSSR count). The van der Waals surface area contributed by atoms with E-state index in [1.54, 1.807) is 24.3 Å². The van der Waals surface area contributed by atoms with E-state index in [2.05, 4.69) is 26.2 Å². The van der Waals surface area contributed by atoms with E-state index in [4.69, 9.17) is 23.1 Å². The van der Waals surface area contributed by atoms with Crippen LogP contribution in [0.2, 0.25) is 31.9 Å². The number of hydrogen-bond acceptors (Lipinski definition) is 9. The summed E-state index contributed by atoms with van der Waals surface area (Å²) in [6, 6.07) is 8.65. The number of ketones is 1. The van der Waals surface area contributed by atoms with Gasteiger partial charge in [0.1, 0.15) is 23.9 Å². The van der Waals surface area contributed by atoms with Crippen LogP contribution in [0.4, 0.5) is 0 Å². The van der Waals surface area contributed by atoms with Crippen molar-refractivity contribution in [3.8, 4) is 0 Å². The molecule has 4 bridgehead atoms. The molecule has 8 atom stereocenters. The SMILES string of the molecule is CC(=O)O[C@@]12CO[C@@H]1CC1O[Si](C)(C)C[Si](C)(C)OC3C(=O)[C@@]1(C)C2C(OC(=O)c1ccccc1)[C@]1(O)CCC(C)=C3C1(C)C. The first-order valence-corrected chi connectivity index (χ1v) is 22.4. The molecule has 0 amide bonds. The van der Waals surface area contributed by atoms with Gasteiger partial charge in [-0.15, -0.1) is 0 Å². The summed E-state index contributed by atoms with van der Waals surface area (Å²) < 4.78 is 33.1. The van der Waals surface area contributed by atoms with Crippen LogP contribution < -0.4 is 0 Å². The molecule has 4 unspecified atom stereocenters. The summed E-state index contributed by atoms with van der Waals surface area (Å²) in [4.78, 5) is 42.4. The predicted octanol–water partition coefficient (Wildman–Crippen LogP) is 5.12. The van der Waals surface area contributed by atoms with E-state index < -0.39 is 80.9 Å². The van der Waals surface area contributed by atoms with Crippen LogP contribution in [0, 0.1) is 16.7 Å². The lowest BCUT2D eigenvalue weighted by atomic mass is 9.45. The van der Waals surface area contributed by atoms with E-state index in [-0.39, 0.29) is 18.8 Å². The molecule has 1 aromatic rings. The van der Waals surface area contributed by atoms with Crippen molar-refractivity contribution in [2.75, 3.05) is 6.61 Å². The van der Waals surface area contributed by atoms with Gasteiger partial charge in [-0.2, -0.15) is 0 Å². The third kappa shape index (κ3) is 4.78. The maximum absolute atomic E-state index is 15.6. The van der Waals surface area contributed by atoms with Gasteiger partial charge >= 0.3 is 11.9 Å². The first kappa shape index (κ1) is 32.8. The van der Waals surface area contributed by atoms with Crippen LogP contribution in [0.5, 0.6) is 0 Å². The van der Waals surface area contributed by atoms with E-state index in [0.29, 0.717) is 18.4 Å². The quantitative estimate of drug-likeness (QED) is 0.269. The van der Waals surface area contributed by atoms with E-state index in [1.165, 1.54) is 6.92 Å². The molecule has 1 aromatic carbocycles. The highest BCUT2D eigenvalue weighted by Crippen LogP contribution is 2.65. The van der Waals surface area contributed by atoms with E-state index in [1.807, 2.05) is 33.8 Å². The van der Waals surface area contributed by atoms with Crippen LogP contribution in [0.25, 0.3) is 0 Å². The summed E-state index contributed by atoms with van der Waals surface area (Å²) in [6.07, 6.45) is -2.30. The minimum absolute atomic E-state index is 0.0156. The van der Waals surface area contributed by atoms with E-state index in [9.17, 15) is 14.7 Å². The maximum Gasteiger partial charge on any atom is 0.338 e. The van der Waals surface area contributed by atoms with Crippen LogP contribution in [0.1, 0.15) is 64.2 Å². The third-order valence-corrected chi connectivity index (χ3v) is 20.2. The van der Waals surface area contributed by atoms with Crippen molar-refractivity contribution in [3.05, 3.63) is 47.0 Å². The lowest BCUT2D eigenvalue weighted by molar-refractivity contribution is -0.343. The van der Waals surface area contributed by atoms with Crippen LogP contribution in [0.15, 0.2) is 41.5 Å².